The third kappa shape index (κ3) is 1.69. The lowest BCUT2D eigenvalue weighted by Crippen LogP contribution is -2.46. The zero-order chi connectivity index (χ0) is 13.9. The average molecular weight is 264 g/mol. The lowest BCUT2D eigenvalue weighted by atomic mass is 9.64. The van der Waals surface area contributed by atoms with Crippen molar-refractivity contribution < 1.29 is 4.74 Å². The molecular weight excluding hydrogens is 232 g/mol. The predicted molar refractivity (Wildman–Crippen MR) is 80.1 cm³/mol. The van der Waals surface area contributed by atoms with E-state index in [4.69, 9.17) is 4.74 Å². The summed E-state index contributed by atoms with van der Waals surface area (Å²) >= 11 is 0. The van der Waals surface area contributed by atoms with E-state index in [0.717, 1.165) is 30.8 Å². The maximum absolute atomic E-state index is 6.38. The highest BCUT2D eigenvalue weighted by molar-refractivity contribution is 5.17. The molecule has 0 saturated heterocycles. The van der Waals surface area contributed by atoms with Gasteiger partial charge in [0.1, 0.15) is 0 Å². The van der Waals surface area contributed by atoms with E-state index in [1.165, 1.54) is 32.1 Å². The van der Waals surface area contributed by atoms with Gasteiger partial charge in [-0.2, -0.15) is 0 Å². The molecule has 0 heterocycles. The monoisotopic (exact) mass is 264 g/mol. The van der Waals surface area contributed by atoms with Crippen LogP contribution in [0.25, 0.3) is 0 Å². The first kappa shape index (κ1) is 13.9. The highest BCUT2D eigenvalue weighted by Gasteiger charge is 2.68. The summed E-state index contributed by atoms with van der Waals surface area (Å²) in [7, 11) is 0. The molecule has 3 fully saturated rings. The third-order valence-corrected chi connectivity index (χ3v) is 7.40. The fourth-order valence-electron chi connectivity index (χ4n) is 6.37. The minimum atomic E-state index is 0.148. The molecule has 1 heteroatoms. The van der Waals surface area contributed by atoms with Crippen LogP contribution in [-0.2, 0) is 4.74 Å². The highest BCUT2D eigenvalue weighted by atomic mass is 16.5. The van der Waals surface area contributed by atoms with E-state index in [0.29, 0.717) is 10.8 Å². The Morgan fingerprint density at radius 1 is 1.05 bits per heavy atom. The van der Waals surface area contributed by atoms with E-state index in [9.17, 15) is 0 Å². The minimum Gasteiger partial charge on any atom is -0.375 e. The fourth-order valence-corrected chi connectivity index (χ4v) is 6.37. The van der Waals surface area contributed by atoms with Crippen LogP contribution in [0.2, 0.25) is 0 Å². The molecule has 3 saturated carbocycles. The van der Waals surface area contributed by atoms with Crippen molar-refractivity contribution in [3.63, 3.8) is 0 Å². The molecule has 0 radical (unpaired) electrons. The van der Waals surface area contributed by atoms with E-state index < -0.39 is 0 Å². The fraction of sp³-hybridized carbons (Fsp3) is 1.00. The average Bonchev–Trinajstić information content (AvgIpc) is 2.78. The second-order valence-corrected chi connectivity index (χ2v) is 8.50. The minimum absolute atomic E-state index is 0.148. The molecule has 2 bridgehead atoms. The van der Waals surface area contributed by atoms with Crippen molar-refractivity contribution in [2.75, 3.05) is 6.61 Å². The zero-order valence-corrected chi connectivity index (χ0v) is 13.6. The summed E-state index contributed by atoms with van der Waals surface area (Å²) in [5, 5.41) is 0. The van der Waals surface area contributed by atoms with Crippen LogP contribution < -0.4 is 0 Å². The second kappa shape index (κ2) is 4.23. The predicted octanol–water partition coefficient (Wildman–Crippen LogP) is 5.04. The smallest absolute Gasteiger partial charge is 0.0688 e. The normalized spacial score (nSPS) is 51.3. The molecule has 19 heavy (non-hydrogen) atoms. The zero-order valence-electron chi connectivity index (χ0n) is 13.6. The largest absolute Gasteiger partial charge is 0.375 e. The third-order valence-electron chi connectivity index (χ3n) is 7.40. The van der Waals surface area contributed by atoms with Crippen LogP contribution in [0.15, 0.2) is 0 Å². The highest BCUT2D eigenvalue weighted by Crippen LogP contribution is 2.73. The summed E-state index contributed by atoms with van der Waals surface area (Å²) in [6, 6.07) is 0. The Bertz CT molecular complexity index is 361. The molecule has 0 N–H and O–H groups in total. The van der Waals surface area contributed by atoms with Gasteiger partial charge in [0.2, 0.25) is 0 Å². The number of rotatable bonds is 3. The van der Waals surface area contributed by atoms with Gasteiger partial charge in [0.15, 0.2) is 0 Å². The van der Waals surface area contributed by atoms with Crippen LogP contribution in [0.5, 0.6) is 0 Å². The molecular formula is C18H32O. The van der Waals surface area contributed by atoms with E-state index in [1.807, 2.05) is 0 Å². The molecule has 110 valence electrons. The van der Waals surface area contributed by atoms with E-state index in [-0.39, 0.29) is 5.60 Å². The van der Waals surface area contributed by atoms with Crippen LogP contribution >= 0.6 is 0 Å². The summed E-state index contributed by atoms with van der Waals surface area (Å²) in [4.78, 5) is 0. The number of hydrogen-bond donors (Lipinski definition) is 0. The molecule has 3 aliphatic carbocycles. The van der Waals surface area contributed by atoms with Crippen LogP contribution in [0.4, 0.5) is 0 Å². The Kier molecular flexibility index (Phi) is 3.10. The Hall–Kier alpha value is -0.0400. The van der Waals surface area contributed by atoms with E-state index in [1.54, 1.807) is 0 Å². The molecule has 0 aromatic carbocycles. The van der Waals surface area contributed by atoms with Gasteiger partial charge in [0.25, 0.3) is 0 Å². The van der Waals surface area contributed by atoms with Crippen molar-refractivity contribution in [3.8, 4) is 0 Å². The quantitative estimate of drug-likeness (QED) is 0.693. The molecule has 5 atom stereocenters. The lowest BCUT2D eigenvalue weighted by molar-refractivity contribution is -0.122. The van der Waals surface area contributed by atoms with Crippen LogP contribution in [0, 0.1) is 28.6 Å². The SMILES string of the molecule is CCCO[C@@]1(C)CC[C@@]23C[C@@H]1C(C)(C)[C@@H]2CC[C@H]3C. The van der Waals surface area contributed by atoms with Crippen LogP contribution in [0.1, 0.15) is 73.1 Å². The lowest BCUT2D eigenvalue weighted by Gasteiger charge is -2.47. The van der Waals surface area contributed by atoms with Crippen molar-refractivity contribution in [1.82, 2.24) is 0 Å². The van der Waals surface area contributed by atoms with E-state index in [2.05, 4.69) is 34.6 Å². The van der Waals surface area contributed by atoms with Crippen LogP contribution in [0.3, 0.4) is 0 Å². The van der Waals surface area contributed by atoms with Gasteiger partial charge >= 0.3 is 0 Å². The number of ether oxygens (including phenoxy) is 1. The van der Waals surface area contributed by atoms with Gasteiger partial charge in [0, 0.05) is 6.61 Å². The topological polar surface area (TPSA) is 9.23 Å². The Labute approximate surface area is 119 Å². The molecule has 0 aromatic rings. The number of hydrogen-bond acceptors (Lipinski definition) is 1. The van der Waals surface area contributed by atoms with Gasteiger partial charge in [-0.25, -0.2) is 0 Å². The van der Waals surface area contributed by atoms with Crippen molar-refractivity contribution in [1.29, 1.82) is 0 Å². The standard InChI is InChI=1S/C18H32O/c1-6-11-19-17(5)9-10-18-12-15(17)16(3,4)14(18)8-7-13(18)2/h13-15H,6-12H2,1-5H3/t13-,14+,15-,17+,18+/m1/s1. The first-order valence-electron chi connectivity index (χ1n) is 8.51. The van der Waals surface area contributed by atoms with Gasteiger partial charge in [-0.05, 0) is 74.0 Å². The van der Waals surface area contributed by atoms with E-state index >= 15 is 0 Å². The van der Waals surface area contributed by atoms with Gasteiger partial charge in [-0.15, -0.1) is 0 Å². The molecule has 3 aliphatic rings. The first-order chi connectivity index (χ1) is 8.87. The molecule has 3 rings (SSSR count). The number of fused-ring (bicyclic) bond motifs is 1. The second-order valence-electron chi connectivity index (χ2n) is 8.50. The first-order valence-corrected chi connectivity index (χ1v) is 8.51. The van der Waals surface area contributed by atoms with Crippen molar-refractivity contribution in [2.24, 2.45) is 28.6 Å². The Balaban J connectivity index is 1.92. The molecule has 0 aromatic heterocycles. The van der Waals surface area contributed by atoms with Crippen LogP contribution in [-0.4, -0.2) is 12.2 Å². The van der Waals surface area contributed by atoms with Gasteiger partial charge in [-0.1, -0.05) is 27.7 Å². The molecule has 0 amide bonds. The summed E-state index contributed by atoms with van der Waals surface area (Å²) in [5.74, 6) is 2.66. The van der Waals surface area contributed by atoms with Gasteiger partial charge < -0.3 is 4.74 Å². The maximum atomic E-state index is 6.38. The Morgan fingerprint density at radius 2 is 1.79 bits per heavy atom. The summed E-state index contributed by atoms with van der Waals surface area (Å²) in [6.07, 6.45) is 8.22. The Morgan fingerprint density at radius 3 is 2.47 bits per heavy atom. The van der Waals surface area contributed by atoms with Crippen molar-refractivity contribution >= 4 is 0 Å². The summed E-state index contributed by atoms with van der Waals surface area (Å²) in [5.41, 5.74) is 1.29. The molecule has 1 spiro atoms. The van der Waals surface area contributed by atoms with Crippen molar-refractivity contribution in [2.45, 2.75) is 78.7 Å². The van der Waals surface area contributed by atoms with Gasteiger partial charge in [0.05, 0.1) is 5.60 Å². The summed E-state index contributed by atoms with van der Waals surface area (Å²) in [6.45, 7) is 13.2. The molecule has 0 aliphatic heterocycles. The molecule has 0 unspecified atom stereocenters. The van der Waals surface area contributed by atoms with Gasteiger partial charge in [-0.3, -0.25) is 0 Å². The summed E-state index contributed by atoms with van der Waals surface area (Å²) < 4.78 is 6.38. The molecule has 1 nitrogen and oxygen atoms in total. The van der Waals surface area contributed by atoms with Crippen molar-refractivity contribution in [3.05, 3.63) is 0 Å². The maximum Gasteiger partial charge on any atom is 0.0688 e.